The first-order valence-electron chi connectivity index (χ1n) is 9.04. The van der Waals surface area contributed by atoms with Crippen LogP contribution in [0.15, 0.2) is 4.99 Å². The van der Waals surface area contributed by atoms with Crippen LogP contribution in [0.4, 0.5) is 0 Å². The summed E-state index contributed by atoms with van der Waals surface area (Å²) in [5.74, 6) is 0.707. The Hall–Kier alpha value is -0.610. The lowest BCUT2D eigenvalue weighted by molar-refractivity contribution is -0.140. The van der Waals surface area contributed by atoms with Crippen LogP contribution in [0.1, 0.15) is 45.4 Å². The molecule has 7 nitrogen and oxygen atoms in total. The van der Waals surface area contributed by atoms with Crippen LogP contribution in [-0.4, -0.2) is 64.6 Å². The van der Waals surface area contributed by atoms with Crippen LogP contribution in [0.3, 0.4) is 0 Å². The molecule has 0 spiro atoms. The molecule has 1 rings (SSSR count). The summed E-state index contributed by atoms with van der Waals surface area (Å²) in [6, 6.07) is 0. The lowest BCUT2D eigenvalue weighted by Gasteiger charge is -2.12. The Labute approximate surface area is 168 Å². The maximum Gasteiger partial charge on any atom is 0.305 e. The van der Waals surface area contributed by atoms with Crippen molar-refractivity contribution in [1.29, 1.82) is 0 Å². The molecule has 1 heterocycles. The lowest BCUT2D eigenvalue weighted by atomic mass is 10.2. The van der Waals surface area contributed by atoms with Crippen molar-refractivity contribution in [2.24, 2.45) is 4.99 Å². The lowest BCUT2D eigenvalue weighted by Crippen LogP contribution is -2.37. The van der Waals surface area contributed by atoms with E-state index in [0.717, 1.165) is 77.5 Å². The third-order valence-corrected chi connectivity index (χ3v) is 3.74. The van der Waals surface area contributed by atoms with Gasteiger partial charge in [-0.2, -0.15) is 0 Å². The Morgan fingerprint density at radius 2 is 2.08 bits per heavy atom. The summed E-state index contributed by atoms with van der Waals surface area (Å²) >= 11 is 0. The predicted octanol–water partition coefficient (Wildman–Crippen LogP) is 2.09. The summed E-state index contributed by atoms with van der Waals surface area (Å²) in [5.41, 5.74) is 0. The first-order chi connectivity index (χ1) is 11.8. The number of carbonyl (C=O) groups excluding carboxylic acids is 1. The van der Waals surface area contributed by atoms with Crippen LogP contribution in [-0.2, 0) is 19.0 Å². The van der Waals surface area contributed by atoms with Gasteiger partial charge in [0.2, 0.25) is 0 Å². The Morgan fingerprint density at radius 3 is 2.76 bits per heavy atom. The molecule has 0 aromatic heterocycles. The smallest absolute Gasteiger partial charge is 0.305 e. The number of hydrogen-bond acceptors (Lipinski definition) is 5. The van der Waals surface area contributed by atoms with Gasteiger partial charge in [-0.25, -0.2) is 0 Å². The zero-order valence-electron chi connectivity index (χ0n) is 15.6. The number of hydrogen-bond donors (Lipinski definition) is 2. The number of unbranched alkanes of at least 4 members (excludes halogenated alkanes) is 2. The van der Waals surface area contributed by atoms with Gasteiger partial charge in [-0.3, -0.25) is 9.79 Å². The van der Waals surface area contributed by atoms with Gasteiger partial charge in [-0.1, -0.05) is 6.42 Å². The quantitative estimate of drug-likeness (QED) is 0.149. The number of carbonyl (C=O) groups is 1. The molecular weight excluding hydrogens is 437 g/mol. The fraction of sp³-hybridized carbons (Fsp3) is 0.882. The van der Waals surface area contributed by atoms with E-state index in [0.29, 0.717) is 6.42 Å². The van der Waals surface area contributed by atoms with E-state index in [4.69, 9.17) is 9.47 Å². The van der Waals surface area contributed by atoms with E-state index in [1.165, 1.54) is 7.11 Å². The SMILES string of the molecule is CCNC(=NCCCOC1CCOC1)NCCCCCC(=O)OC.I. The van der Waals surface area contributed by atoms with Crippen LogP contribution in [0, 0.1) is 0 Å². The first kappa shape index (κ1) is 24.4. The van der Waals surface area contributed by atoms with Crippen molar-refractivity contribution < 1.29 is 19.0 Å². The first-order valence-corrected chi connectivity index (χ1v) is 9.04. The number of esters is 1. The molecule has 0 aliphatic carbocycles. The number of nitrogens with zero attached hydrogens (tertiary/aromatic N) is 1. The average molecular weight is 471 g/mol. The Morgan fingerprint density at radius 1 is 1.24 bits per heavy atom. The molecular formula is C17H34IN3O4. The van der Waals surface area contributed by atoms with Gasteiger partial charge in [0.05, 0.1) is 19.8 Å². The Kier molecular flexibility index (Phi) is 16.4. The van der Waals surface area contributed by atoms with E-state index in [1.54, 1.807) is 0 Å². The molecule has 1 aliphatic rings. The molecule has 25 heavy (non-hydrogen) atoms. The number of halogens is 1. The van der Waals surface area contributed by atoms with E-state index in [2.05, 4.69) is 27.3 Å². The van der Waals surface area contributed by atoms with E-state index < -0.39 is 0 Å². The number of methoxy groups -OCH3 is 1. The third kappa shape index (κ3) is 13.3. The van der Waals surface area contributed by atoms with Gasteiger partial charge >= 0.3 is 5.97 Å². The average Bonchev–Trinajstić information content (AvgIpc) is 3.10. The number of aliphatic imine (C=N–C) groups is 1. The molecule has 2 N–H and O–H groups in total. The third-order valence-electron chi connectivity index (χ3n) is 3.74. The fourth-order valence-corrected chi connectivity index (χ4v) is 2.37. The molecule has 1 fully saturated rings. The van der Waals surface area contributed by atoms with Crippen molar-refractivity contribution in [3.8, 4) is 0 Å². The molecule has 0 aromatic rings. The van der Waals surface area contributed by atoms with Crippen molar-refractivity contribution in [2.75, 3.05) is 46.6 Å². The van der Waals surface area contributed by atoms with Crippen molar-refractivity contribution >= 4 is 35.9 Å². The number of rotatable bonds is 12. The monoisotopic (exact) mass is 471 g/mol. The van der Waals surface area contributed by atoms with Crippen molar-refractivity contribution in [2.45, 2.75) is 51.6 Å². The fourth-order valence-electron chi connectivity index (χ4n) is 2.37. The van der Waals surface area contributed by atoms with Gasteiger partial charge < -0.3 is 24.8 Å². The normalized spacial score (nSPS) is 17.0. The molecule has 1 unspecified atom stereocenters. The maximum atomic E-state index is 11.0. The zero-order valence-corrected chi connectivity index (χ0v) is 17.9. The number of guanidine groups is 1. The van der Waals surface area contributed by atoms with Crippen LogP contribution in [0.25, 0.3) is 0 Å². The number of ether oxygens (including phenoxy) is 3. The van der Waals surface area contributed by atoms with Gasteiger partial charge in [0, 0.05) is 39.3 Å². The second-order valence-electron chi connectivity index (χ2n) is 5.78. The summed E-state index contributed by atoms with van der Waals surface area (Å²) in [5, 5.41) is 6.55. The van der Waals surface area contributed by atoms with E-state index in [-0.39, 0.29) is 36.0 Å². The van der Waals surface area contributed by atoms with E-state index >= 15 is 0 Å². The van der Waals surface area contributed by atoms with Gasteiger partial charge in [0.25, 0.3) is 0 Å². The molecule has 0 saturated carbocycles. The minimum Gasteiger partial charge on any atom is -0.469 e. The van der Waals surface area contributed by atoms with Gasteiger partial charge in [0.15, 0.2) is 5.96 Å². The maximum absolute atomic E-state index is 11.0. The van der Waals surface area contributed by atoms with E-state index in [1.807, 2.05) is 0 Å². The summed E-state index contributed by atoms with van der Waals surface area (Å²) in [6.07, 6.45) is 5.55. The molecule has 0 amide bonds. The Bertz CT molecular complexity index is 364. The van der Waals surface area contributed by atoms with Crippen LogP contribution in [0.5, 0.6) is 0 Å². The molecule has 8 heteroatoms. The van der Waals surface area contributed by atoms with Crippen LogP contribution in [0.2, 0.25) is 0 Å². The summed E-state index contributed by atoms with van der Waals surface area (Å²) < 4.78 is 15.6. The van der Waals surface area contributed by atoms with Crippen molar-refractivity contribution in [3.05, 3.63) is 0 Å². The second-order valence-corrected chi connectivity index (χ2v) is 5.78. The van der Waals surface area contributed by atoms with Crippen molar-refractivity contribution in [3.63, 3.8) is 0 Å². The molecule has 0 bridgehead atoms. The minimum absolute atomic E-state index is 0. The van der Waals surface area contributed by atoms with Gasteiger partial charge in [-0.05, 0) is 32.6 Å². The van der Waals surface area contributed by atoms with Gasteiger partial charge in [-0.15, -0.1) is 24.0 Å². The summed E-state index contributed by atoms with van der Waals surface area (Å²) in [4.78, 5) is 15.6. The second kappa shape index (κ2) is 16.8. The van der Waals surface area contributed by atoms with Crippen molar-refractivity contribution in [1.82, 2.24) is 10.6 Å². The molecule has 1 saturated heterocycles. The largest absolute Gasteiger partial charge is 0.469 e. The molecule has 1 atom stereocenters. The zero-order chi connectivity index (χ0) is 17.5. The highest BCUT2D eigenvalue weighted by Crippen LogP contribution is 2.08. The topological polar surface area (TPSA) is 81.2 Å². The molecule has 1 aliphatic heterocycles. The standard InChI is InChI=1S/C17H33N3O4.HI/c1-3-18-17(19-10-6-4-5-8-16(21)22-2)20-11-7-12-24-15-9-13-23-14-15;/h15H,3-14H2,1-2H3,(H2,18,19,20);1H. The number of nitrogens with one attached hydrogen (secondary N) is 2. The summed E-state index contributed by atoms with van der Waals surface area (Å²) in [7, 11) is 1.43. The molecule has 0 aromatic carbocycles. The highest BCUT2D eigenvalue weighted by atomic mass is 127. The molecule has 148 valence electrons. The summed E-state index contributed by atoms with van der Waals surface area (Å²) in [6.45, 7) is 6.75. The highest BCUT2D eigenvalue weighted by Gasteiger charge is 2.15. The van der Waals surface area contributed by atoms with Crippen LogP contribution >= 0.6 is 24.0 Å². The van der Waals surface area contributed by atoms with E-state index in [9.17, 15) is 4.79 Å². The Balaban J connectivity index is 0.00000576. The van der Waals surface area contributed by atoms with Gasteiger partial charge in [0.1, 0.15) is 0 Å². The van der Waals surface area contributed by atoms with Crippen LogP contribution < -0.4 is 10.6 Å². The predicted molar refractivity (Wildman–Crippen MR) is 110 cm³/mol. The minimum atomic E-state index is -0.135. The molecule has 0 radical (unpaired) electrons. The highest BCUT2D eigenvalue weighted by molar-refractivity contribution is 14.0.